The van der Waals surface area contributed by atoms with E-state index < -0.39 is 3.42 Å². The van der Waals surface area contributed by atoms with Gasteiger partial charge in [0, 0.05) is 60.7 Å². The molecule has 0 aliphatic heterocycles. The molecule has 0 saturated heterocycles. The predicted molar refractivity (Wildman–Crippen MR) is 179 cm³/mol. The predicted octanol–water partition coefficient (Wildman–Crippen LogP) is 6.85. The molecule has 222 valence electrons. The Bertz CT molecular complexity index is 1480. The first kappa shape index (κ1) is 30.6. The molecule has 1 saturated carbocycles. The molecule has 8 nitrogen and oxygen atoms in total. The second-order valence-corrected chi connectivity index (χ2v) is 15.9. The lowest BCUT2D eigenvalue weighted by molar-refractivity contribution is -0.130. The van der Waals surface area contributed by atoms with Crippen LogP contribution in [-0.4, -0.2) is 60.5 Å². The first-order valence-corrected chi connectivity index (χ1v) is 16.6. The van der Waals surface area contributed by atoms with E-state index in [1.807, 2.05) is 74.5 Å². The standard InChI is InChI=1S/C32H38IN5O3S/c1-31(2,33)30(41)37-25-16-21(13-15-34-25)28-29(35-22-8-6-5-7-9-22)27-23(36-28)17-32(42-4,18-24(27)39)14-12-26(40)38(3)19-20-10-11-20/h5-9,13,15-16,20,35-36H,10-12,14,17-19H2,1-4H3,(H,34,37,41). The lowest BCUT2D eigenvalue weighted by atomic mass is 9.82. The highest BCUT2D eigenvalue weighted by Crippen LogP contribution is 2.46. The van der Waals surface area contributed by atoms with E-state index in [-0.39, 0.29) is 22.3 Å². The zero-order chi connectivity index (χ0) is 30.1. The number of para-hydroxylation sites is 1. The van der Waals surface area contributed by atoms with E-state index in [0.717, 1.165) is 29.2 Å². The van der Waals surface area contributed by atoms with Gasteiger partial charge in [-0.25, -0.2) is 4.98 Å². The van der Waals surface area contributed by atoms with E-state index in [4.69, 9.17) is 0 Å². The van der Waals surface area contributed by atoms with Crippen molar-refractivity contribution in [3.05, 3.63) is 59.9 Å². The topological polar surface area (TPSA) is 107 Å². The van der Waals surface area contributed by atoms with E-state index in [9.17, 15) is 14.4 Å². The average molecular weight is 700 g/mol. The molecule has 2 aliphatic carbocycles. The Morgan fingerprint density at radius 2 is 1.93 bits per heavy atom. The van der Waals surface area contributed by atoms with Gasteiger partial charge >= 0.3 is 0 Å². The van der Waals surface area contributed by atoms with Crippen LogP contribution >= 0.6 is 34.4 Å². The van der Waals surface area contributed by atoms with Gasteiger partial charge in [-0.1, -0.05) is 40.8 Å². The summed E-state index contributed by atoms with van der Waals surface area (Å²) in [5.74, 6) is 1.15. The number of hydrogen-bond donors (Lipinski definition) is 3. The van der Waals surface area contributed by atoms with Gasteiger partial charge in [-0.2, -0.15) is 11.8 Å². The van der Waals surface area contributed by atoms with Crippen molar-refractivity contribution in [2.45, 2.75) is 60.5 Å². The van der Waals surface area contributed by atoms with Gasteiger partial charge in [-0.05, 0) is 69.5 Å². The molecular formula is C32H38IN5O3S. The SMILES string of the molecule is CSC1(CCC(=O)N(C)CC2CC2)CC(=O)c2c([nH]c(-c3ccnc(NC(=O)C(C)(C)I)c3)c2Nc2ccccc2)C1. The highest BCUT2D eigenvalue weighted by atomic mass is 127. The fraction of sp³-hybridized carbons (Fsp3) is 0.438. The summed E-state index contributed by atoms with van der Waals surface area (Å²) < 4.78 is -0.960. The van der Waals surface area contributed by atoms with Crippen LogP contribution in [0.1, 0.15) is 62.0 Å². The number of ketones is 1. The van der Waals surface area contributed by atoms with Gasteiger partial charge in [-0.15, -0.1) is 0 Å². The molecule has 0 bridgehead atoms. The Kier molecular flexibility index (Phi) is 9.03. The van der Waals surface area contributed by atoms with Gasteiger partial charge in [-0.3, -0.25) is 14.4 Å². The Morgan fingerprint density at radius 3 is 2.60 bits per heavy atom. The Hall–Kier alpha value is -2.86. The van der Waals surface area contributed by atoms with Crippen molar-refractivity contribution in [3.8, 4) is 11.3 Å². The summed E-state index contributed by atoms with van der Waals surface area (Å²) >= 11 is 3.78. The van der Waals surface area contributed by atoms with Gasteiger partial charge in [0.1, 0.15) is 5.82 Å². The highest BCUT2D eigenvalue weighted by Gasteiger charge is 2.42. The number of fused-ring (bicyclic) bond motifs is 1. The molecule has 1 fully saturated rings. The minimum absolute atomic E-state index is 0.0551. The largest absolute Gasteiger partial charge is 0.356 e. The molecule has 42 heavy (non-hydrogen) atoms. The number of nitrogens with zero attached hydrogens (tertiary/aromatic N) is 2. The van der Waals surface area contributed by atoms with Crippen molar-refractivity contribution >= 4 is 69.1 Å². The molecule has 5 rings (SSSR count). The number of anilines is 3. The molecule has 0 radical (unpaired) electrons. The number of alkyl halides is 1. The molecule has 2 aromatic heterocycles. The summed E-state index contributed by atoms with van der Waals surface area (Å²) in [7, 11) is 1.89. The molecule has 2 aliphatic rings. The third-order valence-electron chi connectivity index (χ3n) is 8.09. The van der Waals surface area contributed by atoms with Crippen molar-refractivity contribution in [1.82, 2.24) is 14.9 Å². The summed E-state index contributed by atoms with van der Waals surface area (Å²) in [4.78, 5) is 49.3. The third-order valence-corrected chi connectivity index (χ3v) is 9.94. The van der Waals surface area contributed by atoms with Crippen molar-refractivity contribution < 1.29 is 14.4 Å². The lowest BCUT2D eigenvalue weighted by Gasteiger charge is -2.35. The van der Waals surface area contributed by atoms with Crippen LogP contribution in [0.2, 0.25) is 0 Å². The van der Waals surface area contributed by atoms with Gasteiger partial charge < -0.3 is 20.5 Å². The fourth-order valence-corrected chi connectivity index (χ4v) is 6.43. The van der Waals surface area contributed by atoms with Gasteiger partial charge in [0.05, 0.1) is 20.4 Å². The maximum absolute atomic E-state index is 13.9. The third kappa shape index (κ3) is 7.02. The molecule has 10 heteroatoms. The van der Waals surface area contributed by atoms with E-state index in [0.29, 0.717) is 48.7 Å². The fourth-order valence-electron chi connectivity index (χ4n) is 5.42. The number of benzene rings is 1. The van der Waals surface area contributed by atoms with Crippen LogP contribution in [-0.2, 0) is 16.0 Å². The number of thioether (sulfide) groups is 1. The summed E-state index contributed by atoms with van der Waals surface area (Å²) in [6.07, 6.45) is 8.20. The molecule has 3 N–H and O–H groups in total. The molecular weight excluding hydrogens is 661 g/mol. The minimum Gasteiger partial charge on any atom is -0.356 e. The van der Waals surface area contributed by atoms with Crippen LogP contribution in [0.25, 0.3) is 11.3 Å². The Morgan fingerprint density at radius 1 is 1.19 bits per heavy atom. The molecule has 3 aromatic rings. The minimum atomic E-state index is -0.595. The zero-order valence-corrected chi connectivity index (χ0v) is 27.5. The molecule has 1 aromatic carbocycles. The highest BCUT2D eigenvalue weighted by molar-refractivity contribution is 14.1. The van der Waals surface area contributed by atoms with Crippen molar-refractivity contribution in [1.29, 1.82) is 0 Å². The number of carbonyl (C=O) groups excluding carboxylic acids is 3. The summed E-state index contributed by atoms with van der Waals surface area (Å²) in [5.41, 5.74) is 4.68. The summed E-state index contributed by atoms with van der Waals surface area (Å²) in [6, 6.07) is 13.5. The number of amides is 2. The van der Waals surface area contributed by atoms with E-state index >= 15 is 0 Å². The first-order valence-electron chi connectivity index (χ1n) is 14.3. The average Bonchev–Trinajstić information content (AvgIpc) is 3.70. The van der Waals surface area contributed by atoms with E-state index in [2.05, 4.69) is 43.2 Å². The smallest absolute Gasteiger partial charge is 0.241 e. The molecule has 1 atom stereocenters. The van der Waals surface area contributed by atoms with Gasteiger partial charge in [0.2, 0.25) is 11.8 Å². The maximum atomic E-state index is 13.9. The van der Waals surface area contributed by atoms with Crippen LogP contribution < -0.4 is 10.6 Å². The Balaban J connectivity index is 1.47. The zero-order valence-electron chi connectivity index (χ0n) is 24.6. The Labute approximate surface area is 265 Å². The number of aromatic amines is 1. The summed E-state index contributed by atoms with van der Waals surface area (Å²) in [6.45, 7) is 4.51. The molecule has 2 heterocycles. The van der Waals surface area contributed by atoms with Crippen molar-refractivity contribution in [2.75, 3.05) is 30.5 Å². The van der Waals surface area contributed by atoms with Crippen LogP contribution in [0.15, 0.2) is 48.7 Å². The van der Waals surface area contributed by atoms with Gasteiger partial charge in [0.25, 0.3) is 0 Å². The second kappa shape index (κ2) is 12.4. The number of pyridine rings is 1. The van der Waals surface area contributed by atoms with Crippen LogP contribution in [0.5, 0.6) is 0 Å². The number of Topliss-reactive ketones (excluding diaryl/α,β-unsaturated/α-hetero) is 1. The number of carbonyl (C=O) groups is 3. The molecule has 0 spiro atoms. The van der Waals surface area contributed by atoms with E-state index in [1.165, 1.54) is 12.8 Å². The molecule has 2 amide bonds. The summed E-state index contributed by atoms with van der Waals surface area (Å²) in [5, 5.41) is 6.41. The normalized spacial score (nSPS) is 18.4. The van der Waals surface area contributed by atoms with Gasteiger partial charge in [0.15, 0.2) is 5.78 Å². The van der Waals surface area contributed by atoms with Crippen LogP contribution in [0, 0.1) is 5.92 Å². The quantitative estimate of drug-likeness (QED) is 0.149. The second-order valence-electron chi connectivity index (χ2n) is 12.0. The van der Waals surface area contributed by atoms with Crippen LogP contribution in [0.4, 0.5) is 17.2 Å². The lowest BCUT2D eigenvalue weighted by Crippen LogP contribution is -2.38. The van der Waals surface area contributed by atoms with E-state index in [1.54, 1.807) is 18.0 Å². The van der Waals surface area contributed by atoms with Crippen LogP contribution in [0.3, 0.4) is 0 Å². The number of hydrogen-bond acceptors (Lipinski definition) is 6. The monoisotopic (exact) mass is 699 g/mol. The number of rotatable bonds is 11. The van der Waals surface area contributed by atoms with Crippen molar-refractivity contribution in [2.24, 2.45) is 5.92 Å². The maximum Gasteiger partial charge on any atom is 0.241 e. The first-order chi connectivity index (χ1) is 20.0. The number of halogens is 1. The number of nitrogens with one attached hydrogen (secondary N) is 3. The number of aromatic nitrogens is 2. The molecule has 1 unspecified atom stereocenters. The number of H-pyrrole nitrogens is 1. The van der Waals surface area contributed by atoms with Crippen molar-refractivity contribution in [3.63, 3.8) is 0 Å².